The second-order valence-electron chi connectivity index (χ2n) is 6.57. The Morgan fingerprint density at radius 2 is 2.00 bits per heavy atom. The van der Waals surface area contributed by atoms with Crippen LogP contribution < -0.4 is 10.9 Å². The second kappa shape index (κ2) is 6.57. The number of hydrogen-bond acceptors (Lipinski definition) is 3. The van der Waals surface area contributed by atoms with E-state index >= 15 is 0 Å². The number of hydrogen-bond donors (Lipinski definition) is 1. The predicted octanol–water partition coefficient (Wildman–Crippen LogP) is 3.49. The van der Waals surface area contributed by atoms with Gasteiger partial charge in [-0.1, -0.05) is 23.7 Å². The van der Waals surface area contributed by atoms with E-state index in [1.54, 1.807) is 34.9 Å². The smallest absolute Gasteiger partial charge is 0.261 e. The van der Waals surface area contributed by atoms with Crippen molar-refractivity contribution in [3.05, 3.63) is 74.8 Å². The summed E-state index contributed by atoms with van der Waals surface area (Å²) in [4.78, 5) is 29.7. The zero-order valence-corrected chi connectivity index (χ0v) is 15.1. The summed E-state index contributed by atoms with van der Waals surface area (Å²) in [5, 5.41) is 4.18. The molecule has 1 aliphatic heterocycles. The third-order valence-electron chi connectivity index (χ3n) is 4.80. The highest BCUT2D eigenvalue weighted by atomic mass is 35.5. The number of carbonyl (C=O) groups excluding carboxylic acids is 1. The third kappa shape index (κ3) is 2.99. The van der Waals surface area contributed by atoms with Crippen LogP contribution in [0.4, 0.5) is 0 Å². The normalized spacial score (nSPS) is 14.2. The minimum Gasteiger partial charge on any atom is -0.346 e. The molecule has 1 unspecified atom stereocenters. The average Bonchev–Trinajstić information content (AvgIpc) is 3.10. The summed E-state index contributed by atoms with van der Waals surface area (Å²) >= 11 is 5.90. The van der Waals surface area contributed by atoms with Crippen molar-refractivity contribution in [2.75, 3.05) is 0 Å². The molecule has 0 bridgehead atoms. The van der Waals surface area contributed by atoms with Crippen molar-refractivity contribution >= 4 is 28.4 Å². The zero-order valence-electron chi connectivity index (χ0n) is 14.3. The van der Waals surface area contributed by atoms with E-state index in [1.807, 2.05) is 19.1 Å². The lowest BCUT2D eigenvalue weighted by Crippen LogP contribution is -2.27. The minimum atomic E-state index is -0.197. The van der Waals surface area contributed by atoms with Crippen LogP contribution in [0.3, 0.4) is 0 Å². The Morgan fingerprint density at radius 3 is 2.77 bits per heavy atom. The van der Waals surface area contributed by atoms with Gasteiger partial charge in [0.1, 0.15) is 5.82 Å². The van der Waals surface area contributed by atoms with Crippen LogP contribution in [-0.2, 0) is 13.0 Å². The summed E-state index contributed by atoms with van der Waals surface area (Å²) in [6.45, 7) is 2.64. The Hall–Kier alpha value is -2.66. The number of aryl methyl sites for hydroxylation is 1. The second-order valence-corrected chi connectivity index (χ2v) is 7.00. The van der Waals surface area contributed by atoms with Crippen molar-refractivity contribution < 1.29 is 4.79 Å². The molecule has 0 radical (unpaired) electrons. The van der Waals surface area contributed by atoms with E-state index in [0.29, 0.717) is 21.5 Å². The number of aromatic nitrogens is 2. The van der Waals surface area contributed by atoms with Crippen LogP contribution in [0.1, 0.15) is 41.1 Å². The van der Waals surface area contributed by atoms with E-state index in [2.05, 4.69) is 10.3 Å². The van der Waals surface area contributed by atoms with Crippen molar-refractivity contribution in [2.45, 2.75) is 32.4 Å². The first-order chi connectivity index (χ1) is 12.5. The number of amides is 1. The van der Waals surface area contributed by atoms with Crippen molar-refractivity contribution in [3.8, 4) is 0 Å². The monoisotopic (exact) mass is 367 g/mol. The van der Waals surface area contributed by atoms with E-state index in [-0.39, 0.29) is 17.5 Å². The maximum atomic E-state index is 12.6. The molecule has 0 spiro atoms. The summed E-state index contributed by atoms with van der Waals surface area (Å²) in [7, 11) is 0. The first kappa shape index (κ1) is 16.8. The number of fused-ring (bicyclic) bond motifs is 2. The van der Waals surface area contributed by atoms with Gasteiger partial charge < -0.3 is 5.32 Å². The van der Waals surface area contributed by atoms with Gasteiger partial charge in [0.15, 0.2) is 0 Å². The van der Waals surface area contributed by atoms with E-state index in [9.17, 15) is 9.59 Å². The highest BCUT2D eigenvalue weighted by Crippen LogP contribution is 2.19. The molecule has 2 heterocycles. The van der Waals surface area contributed by atoms with Crippen LogP contribution in [0.25, 0.3) is 10.9 Å². The molecule has 0 aliphatic carbocycles. The fourth-order valence-electron chi connectivity index (χ4n) is 3.34. The van der Waals surface area contributed by atoms with E-state index < -0.39 is 0 Å². The van der Waals surface area contributed by atoms with Crippen LogP contribution in [0.5, 0.6) is 0 Å². The van der Waals surface area contributed by atoms with Gasteiger partial charge in [0, 0.05) is 23.6 Å². The van der Waals surface area contributed by atoms with Crippen molar-refractivity contribution in [1.29, 1.82) is 0 Å². The Balaban J connectivity index is 1.62. The van der Waals surface area contributed by atoms with Gasteiger partial charge in [-0.15, -0.1) is 0 Å². The minimum absolute atomic E-state index is 0.0241. The molecule has 6 heteroatoms. The van der Waals surface area contributed by atoms with Crippen LogP contribution in [0.2, 0.25) is 5.02 Å². The van der Waals surface area contributed by atoms with Crippen molar-refractivity contribution in [1.82, 2.24) is 14.9 Å². The van der Waals surface area contributed by atoms with Gasteiger partial charge >= 0.3 is 0 Å². The van der Waals surface area contributed by atoms with E-state index in [0.717, 1.165) is 30.8 Å². The first-order valence-corrected chi connectivity index (χ1v) is 9.00. The summed E-state index contributed by atoms with van der Waals surface area (Å²) in [5.41, 5.74) is 2.02. The van der Waals surface area contributed by atoms with Crippen LogP contribution in [-0.4, -0.2) is 15.5 Å². The molecule has 0 fully saturated rings. The highest BCUT2D eigenvalue weighted by Gasteiger charge is 2.18. The Morgan fingerprint density at radius 1 is 1.23 bits per heavy atom. The largest absolute Gasteiger partial charge is 0.346 e. The highest BCUT2D eigenvalue weighted by molar-refractivity contribution is 6.30. The third-order valence-corrected chi connectivity index (χ3v) is 5.05. The van der Waals surface area contributed by atoms with Crippen LogP contribution in [0.15, 0.2) is 47.3 Å². The molecule has 5 nitrogen and oxygen atoms in total. The molecule has 2 aromatic carbocycles. The van der Waals surface area contributed by atoms with Gasteiger partial charge in [-0.25, -0.2) is 4.98 Å². The molecular formula is C20H18ClN3O2. The molecular weight excluding hydrogens is 350 g/mol. The molecule has 132 valence electrons. The van der Waals surface area contributed by atoms with Gasteiger partial charge in [-0.05, 0) is 49.2 Å². The van der Waals surface area contributed by atoms with Crippen LogP contribution >= 0.6 is 11.6 Å². The Labute approximate surface area is 155 Å². The molecule has 3 aromatic rings. The van der Waals surface area contributed by atoms with Gasteiger partial charge in [0.2, 0.25) is 0 Å². The van der Waals surface area contributed by atoms with Crippen molar-refractivity contribution in [2.24, 2.45) is 0 Å². The maximum absolute atomic E-state index is 12.6. The molecule has 0 saturated heterocycles. The summed E-state index contributed by atoms with van der Waals surface area (Å²) in [5.74, 6) is 0.603. The lowest BCUT2D eigenvalue weighted by Gasteiger charge is -2.15. The predicted molar refractivity (Wildman–Crippen MR) is 102 cm³/mol. The molecule has 4 rings (SSSR count). The topological polar surface area (TPSA) is 64.0 Å². The zero-order chi connectivity index (χ0) is 18.3. The van der Waals surface area contributed by atoms with Crippen molar-refractivity contribution in [3.63, 3.8) is 0 Å². The molecule has 1 atom stereocenters. The number of nitrogens with one attached hydrogen (secondary N) is 1. The quantitative estimate of drug-likeness (QED) is 0.770. The van der Waals surface area contributed by atoms with Gasteiger partial charge in [-0.3, -0.25) is 14.2 Å². The number of nitrogens with zero attached hydrogens (tertiary/aromatic N) is 2. The molecule has 0 saturated carbocycles. The Kier molecular flexibility index (Phi) is 4.24. The maximum Gasteiger partial charge on any atom is 0.261 e. The first-order valence-electron chi connectivity index (χ1n) is 8.63. The van der Waals surface area contributed by atoms with Gasteiger partial charge in [-0.2, -0.15) is 0 Å². The standard InChI is InChI=1S/C20H18ClN3O2/c1-12(13-4-7-15(21)8-5-13)22-19(25)14-6-9-16-17(11-14)23-18-3-2-10-24(18)20(16)26/h4-9,11-12H,2-3,10H2,1H3,(H,22,25). The van der Waals surface area contributed by atoms with Gasteiger partial charge in [0.25, 0.3) is 11.5 Å². The fraction of sp³-hybridized carbons (Fsp3) is 0.250. The van der Waals surface area contributed by atoms with Gasteiger partial charge in [0.05, 0.1) is 16.9 Å². The molecule has 1 aromatic heterocycles. The Bertz CT molecular complexity index is 1060. The lowest BCUT2D eigenvalue weighted by molar-refractivity contribution is 0.0940. The van der Waals surface area contributed by atoms with E-state index in [4.69, 9.17) is 11.6 Å². The molecule has 1 aliphatic rings. The number of benzene rings is 2. The summed E-state index contributed by atoms with van der Waals surface area (Å²) in [6.07, 6.45) is 1.74. The average molecular weight is 368 g/mol. The SMILES string of the molecule is CC(NC(=O)c1ccc2c(=O)n3c(nc2c1)CCC3)c1ccc(Cl)cc1. The summed E-state index contributed by atoms with van der Waals surface area (Å²) in [6, 6.07) is 12.3. The van der Waals surface area contributed by atoms with E-state index in [1.165, 1.54) is 0 Å². The fourth-order valence-corrected chi connectivity index (χ4v) is 3.47. The molecule has 1 amide bonds. The lowest BCUT2D eigenvalue weighted by atomic mass is 10.1. The number of halogens is 1. The number of rotatable bonds is 3. The molecule has 1 N–H and O–H groups in total. The summed E-state index contributed by atoms with van der Waals surface area (Å²) < 4.78 is 1.73. The number of carbonyl (C=O) groups is 1. The molecule has 26 heavy (non-hydrogen) atoms. The van der Waals surface area contributed by atoms with Crippen LogP contribution in [0, 0.1) is 0 Å².